The molecule has 0 radical (unpaired) electrons. The standard InChI is InChI=1S/C78H84BN3S2/c1-45-37-63-69-64(38-45)81(61-44-55-54(39-46(61)2)75(12,13)35-36-76(55,14)15)70-58(29-27-51-52-40-47(72(3,4)5)24-31-65(52)84-71(51)70)79(69)57-28-26-50(82-59-30-23-49(74(9,10)11)42-56(59)77(16)33-18-19-34-78(77,82)17)43-62(57)80(63)60-21-20-22-67-68(60)53-41-48(73(6,7)8)25-32-66(53)83-67/h20-32,37-44H,18-19,33-36H2,1-17H3. The second-order valence-electron chi connectivity index (χ2n) is 31.3. The van der Waals surface area contributed by atoms with E-state index in [1.54, 1.807) is 0 Å². The monoisotopic (exact) mass is 1140 g/mol. The van der Waals surface area contributed by atoms with E-state index in [0.29, 0.717) is 0 Å². The fourth-order valence-electron chi connectivity index (χ4n) is 16.6. The summed E-state index contributed by atoms with van der Waals surface area (Å²) in [6.07, 6.45) is 7.18. The molecule has 2 aromatic heterocycles. The minimum Gasteiger partial charge on any atom is -0.334 e. The van der Waals surface area contributed by atoms with E-state index in [1.807, 2.05) is 22.7 Å². The predicted molar refractivity (Wildman–Crippen MR) is 370 cm³/mol. The highest BCUT2D eigenvalue weighted by Crippen LogP contribution is 2.62. The molecular weight excluding hydrogens is 1050 g/mol. The van der Waals surface area contributed by atoms with Crippen LogP contribution in [0, 0.1) is 13.8 Å². The van der Waals surface area contributed by atoms with Gasteiger partial charge in [0.25, 0.3) is 6.71 Å². The quantitative estimate of drug-likeness (QED) is 0.163. The number of benzene rings is 8. The van der Waals surface area contributed by atoms with E-state index in [9.17, 15) is 0 Å². The molecule has 15 rings (SSSR count). The predicted octanol–water partition coefficient (Wildman–Crippen LogP) is 21.1. The van der Waals surface area contributed by atoms with Gasteiger partial charge in [-0.2, -0.15) is 0 Å². The van der Waals surface area contributed by atoms with Crippen LogP contribution < -0.4 is 31.1 Å². The van der Waals surface area contributed by atoms with E-state index in [2.05, 4.69) is 260 Å². The Bertz CT molecular complexity index is 4490. The maximum absolute atomic E-state index is 2.82. The molecule has 5 heterocycles. The van der Waals surface area contributed by atoms with Crippen molar-refractivity contribution in [3.63, 3.8) is 0 Å². The lowest BCUT2D eigenvalue weighted by atomic mass is 9.33. The molecule has 0 bridgehead atoms. The molecule has 1 fully saturated rings. The molecule has 2 unspecified atom stereocenters. The SMILES string of the molecule is Cc1cc2c3c(c1)N(c1cccc4sc5ccc(C(C)(C)C)cc5c14)c1cc(N4c5ccc(C(C)(C)C)cc5C5(C)CCCCC45C)ccc1B3c1ccc3c(sc4ccc(C(C)(C)C)cc43)c1N2c1cc2c(cc1C)C(C)(C)CCC2(C)C. The van der Waals surface area contributed by atoms with Crippen molar-refractivity contribution >= 4 is 132 Å². The van der Waals surface area contributed by atoms with Crippen molar-refractivity contribution in [2.75, 3.05) is 14.7 Å². The van der Waals surface area contributed by atoms with Crippen LogP contribution >= 0.6 is 22.7 Å². The van der Waals surface area contributed by atoms with Gasteiger partial charge in [-0.1, -0.05) is 164 Å². The number of hydrogen-bond donors (Lipinski definition) is 0. The van der Waals surface area contributed by atoms with Gasteiger partial charge in [-0.05, 0) is 207 Å². The molecular formula is C78H84BN3S2. The Morgan fingerprint density at radius 3 is 1.75 bits per heavy atom. The van der Waals surface area contributed by atoms with Gasteiger partial charge >= 0.3 is 0 Å². The van der Waals surface area contributed by atoms with Crippen molar-refractivity contribution in [2.45, 2.75) is 194 Å². The minimum atomic E-state index is -0.111. The summed E-state index contributed by atoms with van der Waals surface area (Å²) in [5.41, 5.74) is 25.9. The van der Waals surface area contributed by atoms with Gasteiger partial charge in [0.15, 0.2) is 0 Å². The fraction of sp³-hybridized carbons (Fsp3) is 0.385. The molecule has 1 saturated carbocycles. The molecule has 3 nitrogen and oxygen atoms in total. The third-order valence-electron chi connectivity index (χ3n) is 21.9. The van der Waals surface area contributed by atoms with Gasteiger partial charge in [0, 0.05) is 75.2 Å². The zero-order valence-corrected chi connectivity index (χ0v) is 54.7. The van der Waals surface area contributed by atoms with Gasteiger partial charge in [-0.3, -0.25) is 0 Å². The number of hydrogen-bond acceptors (Lipinski definition) is 5. The average Bonchev–Trinajstić information content (AvgIpc) is 1.24. The largest absolute Gasteiger partial charge is 0.334 e. The normalized spacial score (nSPS) is 20.6. The highest BCUT2D eigenvalue weighted by atomic mass is 32.1. The molecule has 10 aromatic rings. The molecule has 0 N–H and O–H groups in total. The summed E-state index contributed by atoms with van der Waals surface area (Å²) in [7, 11) is 0. The van der Waals surface area contributed by atoms with E-state index in [-0.39, 0.29) is 44.7 Å². The highest BCUT2D eigenvalue weighted by molar-refractivity contribution is 7.27. The summed E-state index contributed by atoms with van der Waals surface area (Å²) in [5, 5.41) is 5.40. The van der Waals surface area contributed by atoms with E-state index in [1.165, 1.54) is 172 Å². The van der Waals surface area contributed by atoms with E-state index in [4.69, 9.17) is 0 Å². The van der Waals surface area contributed by atoms with Gasteiger partial charge in [0.2, 0.25) is 0 Å². The lowest BCUT2D eigenvalue weighted by Crippen LogP contribution is -2.61. The lowest BCUT2D eigenvalue weighted by Gasteiger charge is -2.51. The summed E-state index contributed by atoms with van der Waals surface area (Å²) in [4.78, 5) is 8.35. The molecule has 8 aromatic carbocycles. The molecule has 2 atom stereocenters. The van der Waals surface area contributed by atoms with Crippen LogP contribution in [0.4, 0.5) is 45.5 Å². The first-order valence-corrected chi connectivity index (χ1v) is 33.2. The number of fused-ring (bicyclic) bond motifs is 15. The van der Waals surface area contributed by atoms with Crippen molar-refractivity contribution < 1.29 is 0 Å². The van der Waals surface area contributed by atoms with Crippen molar-refractivity contribution in [3.8, 4) is 0 Å². The molecule has 0 spiro atoms. The molecule has 3 aliphatic heterocycles. The zero-order valence-electron chi connectivity index (χ0n) is 53.1. The Balaban J connectivity index is 1.06. The molecule has 5 aliphatic rings. The molecule has 0 amide bonds. The van der Waals surface area contributed by atoms with Gasteiger partial charge in [-0.15, -0.1) is 22.7 Å². The Labute approximate surface area is 509 Å². The van der Waals surface area contributed by atoms with Crippen LogP contribution in [0.15, 0.2) is 127 Å². The summed E-state index contributed by atoms with van der Waals surface area (Å²) in [6, 6.07) is 52.5. The second kappa shape index (κ2) is 17.7. The topological polar surface area (TPSA) is 9.72 Å². The molecule has 426 valence electrons. The smallest absolute Gasteiger partial charge is 0.252 e. The highest BCUT2D eigenvalue weighted by Gasteiger charge is 2.58. The molecule has 2 aliphatic carbocycles. The van der Waals surface area contributed by atoms with Crippen LogP contribution in [0.3, 0.4) is 0 Å². The maximum atomic E-state index is 2.82. The van der Waals surface area contributed by atoms with Crippen LogP contribution in [0.2, 0.25) is 0 Å². The summed E-state index contributed by atoms with van der Waals surface area (Å²) in [5.74, 6) is 0. The summed E-state index contributed by atoms with van der Waals surface area (Å²) < 4.78 is 5.38. The Hall–Kier alpha value is -6.34. The second-order valence-corrected chi connectivity index (χ2v) is 33.4. The van der Waals surface area contributed by atoms with Crippen LogP contribution in [-0.2, 0) is 32.5 Å². The average molecular weight is 1140 g/mol. The molecule has 0 saturated heterocycles. The van der Waals surface area contributed by atoms with Gasteiger partial charge in [0.1, 0.15) is 0 Å². The van der Waals surface area contributed by atoms with E-state index < -0.39 is 0 Å². The van der Waals surface area contributed by atoms with Crippen LogP contribution in [0.25, 0.3) is 40.3 Å². The molecule has 84 heavy (non-hydrogen) atoms. The van der Waals surface area contributed by atoms with Crippen molar-refractivity contribution in [1.82, 2.24) is 0 Å². The fourth-order valence-corrected chi connectivity index (χ4v) is 18.9. The third-order valence-corrected chi connectivity index (χ3v) is 24.2. The van der Waals surface area contributed by atoms with Gasteiger partial charge in [-0.25, -0.2) is 0 Å². The van der Waals surface area contributed by atoms with Crippen LogP contribution in [0.1, 0.15) is 187 Å². The molecule has 6 heteroatoms. The third kappa shape index (κ3) is 7.60. The Kier molecular flexibility index (Phi) is 11.4. The zero-order chi connectivity index (χ0) is 58.9. The van der Waals surface area contributed by atoms with Gasteiger partial charge in [0.05, 0.1) is 21.6 Å². The van der Waals surface area contributed by atoms with Crippen molar-refractivity contribution in [3.05, 3.63) is 172 Å². The summed E-state index contributed by atoms with van der Waals surface area (Å²) >= 11 is 3.93. The Morgan fingerprint density at radius 1 is 0.452 bits per heavy atom. The Morgan fingerprint density at radius 2 is 1.06 bits per heavy atom. The van der Waals surface area contributed by atoms with Crippen LogP contribution in [-0.4, -0.2) is 12.3 Å². The van der Waals surface area contributed by atoms with E-state index in [0.717, 1.165) is 12.8 Å². The van der Waals surface area contributed by atoms with Crippen molar-refractivity contribution in [1.29, 1.82) is 0 Å². The number of thiophene rings is 2. The first-order valence-electron chi connectivity index (χ1n) is 31.5. The number of nitrogens with zero attached hydrogens (tertiary/aromatic N) is 3. The number of anilines is 8. The first-order chi connectivity index (χ1) is 39.6. The first kappa shape index (κ1) is 54.3. The van der Waals surface area contributed by atoms with Crippen LogP contribution in [0.5, 0.6) is 0 Å². The maximum Gasteiger partial charge on any atom is 0.252 e. The minimum absolute atomic E-state index is 0.00158. The van der Waals surface area contributed by atoms with E-state index >= 15 is 0 Å². The summed E-state index contributed by atoms with van der Waals surface area (Å²) in [6.45, 7) is 41.1. The van der Waals surface area contributed by atoms with Crippen molar-refractivity contribution in [2.24, 2.45) is 0 Å². The lowest BCUT2D eigenvalue weighted by molar-refractivity contribution is 0.195. The van der Waals surface area contributed by atoms with Gasteiger partial charge < -0.3 is 14.7 Å². The number of rotatable bonds is 3. The number of aryl methyl sites for hydroxylation is 2.